The Morgan fingerprint density at radius 1 is 1.00 bits per heavy atom. The molecule has 0 rings (SSSR count). The van der Waals surface area contributed by atoms with Crippen LogP contribution in [-0.2, 0) is 14.9 Å². The first-order chi connectivity index (χ1) is 9.79. The molecule has 0 heterocycles. The molecule has 5 nitrogen and oxygen atoms in total. The van der Waals surface area contributed by atoms with Gasteiger partial charge in [0.05, 0.1) is 6.61 Å². The quantitative estimate of drug-likeness (QED) is 0.283. The van der Waals surface area contributed by atoms with E-state index in [0.29, 0.717) is 6.42 Å². The van der Waals surface area contributed by atoms with Crippen LogP contribution in [0.2, 0.25) is 0 Å². The van der Waals surface area contributed by atoms with Gasteiger partial charge in [-0.1, -0.05) is 58.3 Å². The molecule has 1 N–H and O–H groups in total. The summed E-state index contributed by atoms with van der Waals surface area (Å²) >= 11 is 0. The van der Waals surface area contributed by atoms with E-state index in [1.807, 2.05) is 0 Å². The van der Waals surface area contributed by atoms with Gasteiger partial charge in [-0.3, -0.25) is 4.79 Å². The molecule has 0 aromatic rings. The number of rotatable bonds is 13. The zero-order valence-electron chi connectivity index (χ0n) is 14.3. The van der Waals surface area contributed by atoms with Gasteiger partial charge in [0.25, 0.3) is 0 Å². The van der Waals surface area contributed by atoms with Gasteiger partial charge in [0, 0.05) is 6.42 Å². The van der Waals surface area contributed by atoms with E-state index in [-0.39, 0.29) is 36.0 Å². The zero-order valence-corrected chi connectivity index (χ0v) is 17.1. The topological polar surface area (TPSA) is 94.5 Å². The van der Waals surface area contributed by atoms with Crippen LogP contribution in [0.25, 0.3) is 0 Å². The van der Waals surface area contributed by atoms with Gasteiger partial charge in [0.15, 0.2) is 5.78 Å². The summed E-state index contributed by atoms with van der Waals surface area (Å²) in [5, 5.41) is 9.03. The molecule has 22 heavy (non-hydrogen) atoms. The molecular weight excluding hydrogens is 315 g/mol. The van der Waals surface area contributed by atoms with Crippen molar-refractivity contribution in [1.29, 1.82) is 0 Å². The van der Waals surface area contributed by atoms with Crippen molar-refractivity contribution in [3.63, 3.8) is 0 Å². The first-order valence-electron chi connectivity index (χ1n) is 7.89. The van der Waals surface area contributed by atoms with Crippen LogP contribution < -0.4 is 29.6 Å². The number of aliphatic hydroxyl groups is 1. The van der Waals surface area contributed by atoms with Gasteiger partial charge in [0.1, 0.15) is 14.9 Å². The van der Waals surface area contributed by atoms with E-state index in [1.54, 1.807) is 0 Å². The average Bonchev–Trinajstić information content (AvgIpc) is 2.43. The molecule has 0 amide bonds. The monoisotopic (exact) mass is 344 g/mol. The fourth-order valence-corrected chi connectivity index (χ4v) is 2.71. The van der Waals surface area contributed by atoms with Crippen molar-refractivity contribution < 1.29 is 52.4 Å². The molecule has 0 saturated carbocycles. The maximum absolute atomic E-state index is 11.8. The molecule has 7 heteroatoms. The van der Waals surface area contributed by atoms with E-state index in [4.69, 9.17) is 5.11 Å². The second-order valence-corrected chi connectivity index (χ2v) is 7.65. The summed E-state index contributed by atoms with van der Waals surface area (Å²) in [6, 6.07) is 0. The maximum Gasteiger partial charge on any atom is 1.00 e. The minimum Gasteiger partial charge on any atom is -0.747 e. The Morgan fingerprint density at radius 2 is 1.41 bits per heavy atom. The summed E-state index contributed by atoms with van der Waals surface area (Å²) in [5.41, 5.74) is 0. The van der Waals surface area contributed by atoms with Gasteiger partial charge in [-0.15, -0.1) is 0 Å². The van der Waals surface area contributed by atoms with Gasteiger partial charge in [-0.25, -0.2) is 8.42 Å². The third-order valence-electron chi connectivity index (χ3n) is 3.95. The van der Waals surface area contributed by atoms with Crippen LogP contribution in [0.1, 0.15) is 78.1 Å². The summed E-state index contributed by atoms with van der Waals surface area (Å²) < 4.78 is 31.0. The molecule has 1 atom stereocenters. The zero-order chi connectivity index (χ0) is 16.4. The van der Waals surface area contributed by atoms with Crippen LogP contribution in [-0.4, -0.2) is 35.2 Å². The van der Waals surface area contributed by atoms with Gasteiger partial charge < -0.3 is 9.66 Å². The molecule has 0 spiro atoms. The summed E-state index contributed by atoms with van der Waals surface area (Å²) in [6.45, 7) is 2.24. The fourth-order valence-electron chi connectivity index (χ4n) is 2.17. The van der Waals surface area contributed by atoms with E-state index in [9.17, 15) is 17.8 Å². The molecular formula is C15H29NaO5S. The SMILES string of the molecule is CCCCCCCCCCCC(=O)C(C)(CO)S(=O)(=O)[O-].[Na+]. The van der Waals surface area contributed by atoms with Gasteiger partial charge in [-0.05, 0) is 13.3 Å². The normalized spacial score (nSPS) is 14.2. The summed E-state index contributed by atoms with van der Waals surface area (Å²) in [4.78, 5) is 11.8. The van der Waals surface area contributed by atoms with Gasteiger partial charge in [0.2, 0.25) is 0 Å². The van der Waals surface area contributed by atoms with Crippen molar-refractivity contribution in [1.82, 2.24) is 0 Å². The number of carbonyl (C=O) groups is 1. The Labute approximate surface area is 157 Å². The molecule has 0 aromatic heterocycles. The molecule has 0 bridgehead atoms. The first-order valence-corrected chi connectivity index (χ1v) is 9.30. The predicted molar refractivity (Wildman–Crippen MR) is 82.0 cm³/mol. The third-order valence-corrected chi connectivity index (χ3v) is 5.41. The van der Waals surface area contributed by atoms with Crippen LogP contribution in [0.5, 0.6) is 0 Å². The number of hydrogen-bond donors (Lipinski definition) is 1. The van der Waals surface area contributed by atoms with Gasteiger partial charge >= 0.3 is 29.6 Å². The minimum atomic E-state index is -4.82. The largest absolute Gasteiger partial charge is 1.00 e. The number of aliphatic hydroxyl groups excluding tert-OH is 1. The molecule has 1 unspecified atom stereocenters. The maximum atomic E-state index is 11.8. The molecule has 0 aliphatic heterocycles. The molecule has 0 radical (unpaired) electrons. The molecule has 0 aliphatic rings. The van der Waals surface area contributed by atoms with Gasteiger partial charge in [-0.2, -0.15) is 0 Å². The third kappa shape index (κ3) is 8.99. The number of carbonyl (C=O) groups excluding carboxylic acids is 1. The van der Waals surface area contributed by atoms with Crippen molar-refractivity contribution in [3.8, 4) is 0 Å². The van der Waals surface area contributed by atoms with Crippen LogP contribution in [0.3, 0.4) is 0 Å². The summed E-state index contributed by atoms with van der Waals surface area (Å²) in [7, 11) is -4.82. The number of Topliss-reactive ketones (excluding diaryl/α,β-unsaturated/α-hetero) is 1. The Bertz CT molecular complexity index is 397. The summed E-state index contributed by atoms with van der Waals surface area (Å²) in [6.07, 6.45) is 9.79. The average molecular weight is 344 g/mol. The second kappa shape index (κ2) is 12.9. The Balaban J connectivity index is 0. The number of unbranched alkanes of at least 4 members (excludes halogenated alkanes) is 8. The predicted octanol–water partition coefficient (Wildman–Crippen LogP) is -0.223. The molecule has 0 fully saturated rings. The van der Waals surface area contributed by atoms with Crippen LogP contribution in [0, 0.1) is 0 Å². The smallest absolute Gasteiger partial charge is 0.747 e. The van der Waals surface area contributed by atoms with Crippen LogP contribution >= 0.6 is 0 Å². The number of hydrogen-bond acceptors (Lipinski definition) is 5. The molecule has 0 aliphatic carbocycles. The summed E-state index contributed by atoms with van der Waals surface area (Å²) in [5.74, 6) is -0.678. The minimum absolute atomic E-state index is 0. The van der Waals surface area contributed by atoms with Crippen molar-refractivity contribution >= 4 is 15.9 Å². The molecule has 126 valence electrons. The van der Waals surface area contributed by atoms with E-state index in [1.165, 1.54) is 32.1 Å². The van der Waals surface area contributed by atoms with Crippen molar-refractivity contribution in [2.45, 2.75) is 82.8 Å². The van der Waals surface area contributed by atoms with Crippen molar-refractivity contribution in [3.05, 3.63) is 0 Å². The Morgan fingerprint density at radius 3 is 1.77 bits per heavy atom. The van der Waals surface area contributed by atoms with E-state index >= 15 is 0 Å². The second-order valence-electron chi connectivity index (χ2n) is 5.84. The number of ketones is 1. The Hall–Kier alpha value is 0.540. The van der Waals surface area contributed by atoms with E-state index < -0.39 is 27.3 Å². The van der Waals surface area contributed by atoms with Crippen molar-refractivity contribution in [2.75, 3.05) is 6.61 Å². The van der Waals surface area contributed by atoms with E-state index in [2.05, 4.69) is 6.92 Å². The standard InChI is InChI=1S/C15H30O5S.Na/c1-3-4-5-6-7-8-9-10-11-12-14(17)15(2,13-16)21(18,19)20;/h16H,3-13H2,1-2H3,(H,18,19,20);/q;+1/p-1. The molecule has 0 saturated heterocycles. The van der Waals surface area contributed by atoms with E-state index in [0.717, 1.165) is 26.2 Å². The molecule has 0 aromatic carbocycles. The first kappa shape index (κ1) is 24.8. The Kier molecular flexibility index (Phi) is 14.5. The fraction of sp³-hybridized carbons (Fsp3) is 0.933. The van der Waals surface area contributed by atoms with Crippen molar-refractivity contribution in [2.24, 2.45) is 0 Å². The van der Waals surface area contributed by atoms with Crippen LogP contribution in [0.4, 0.5) is 0 Å². The van der Waals surface area contributed by atoms with Crippen LogP contribution in [0.15, 0.2) is 0 Å².